The third kappa shape index (κ3) is 3.91. The van der Waals surface area contributed by atoms with E-state index in [1.165, 1.54) is 12.1 Å². The van der Waals surface area contributed by atoms with Crippen molar-refractivity contribution in [3.8, 4) is 11.5 Å². The normalized spacial score (nSPS) is 21.5. The fraction of sp³-hybridized carbons (Fsp3) is 0.381. The second-order valence-corrected chi connectivity index (χ2v) is 7.95. The summed E-state index contributed by atoms with van der Waals surface area (Å²) < 4.78 is 37.1. The lowest BCUT2D eigenvalue weighted by atomic mass is 10.0. The van der Waals surface area contributed by atoms with Crippen LogP contribution >= 0.6 is 11.8 Å². The summed E-state index contributed by atoms with van der Waals surface area (Å²) in [6.45, 7) is 0.904. The number of anilines is 1. The van der Waals surface area contributed by atoms with E-state index in [1.54, 1.807) is 23.9 Å². The summed E-state index contributed by atoms with van der Waals surface area (Å²) in [5.74, 6) is 1.82. The third-order valence-electron chi connectivity index (χ3n) is 4.99. The summed E-state index contributed by atoms with van der Waals surface area (Å²) >= 11 is 1.71. The molecule has 2 aliphatic rings. The van der Waals surface area contributed by atoms with E-state index in [1.807, 2.05) is 36.1 Å². The molecule has 2 aromatic rings. The summed E-state index contributed by atoms with van der Waals surface area (Å²) in [7, 11) is 0. The monoisotopic (exact) mass is 421 g/mol. The van der Waals surface area contributed by atoms with E-state index in [2.05, 4.69) is 9.31 Å². The van der Waals surface area contributed by atoms with Gasteiger partial charge in [-0.25, -0.2) is 4.58 Å². The number of benzene rings is 2. The van der Waals surface area contributed by atoms with Crippen LogP contribution in [-0.2, 0) is 5.72 Å². The lowest BCUT2D eigenvalue weighted by Crippen LogP contribution is -2.46. The first-order valence-electron chi connectivity index (χ1n) is 9.57. The molecule has 0 saturated carbocycles. The second-order valence-electron chi connectivity index (χ2n) is 6.89. The molecule has 0 aliphatic carbocycles. The number of nitrogens with zero attached hydrogens (tertiary/aromatic N) is 2. The van der Waals surface area contributed by atoms with Crippen LogP contribution in [0.4, 0.5) is 14.5 Å². The van der Waals surface area contributed by atoms with Crippen molar-refractivity contribution in [2.75, 3.05) is 30.3 Å². The smallest absolute Gasteiger partial charge is 0.387 e. The molecule has 2 aromatic carbocycles. The molecule has 0 saturated heterocycles. The van der Waals surface area contributed by atoms with Crippen LogP contribution in [0.2, 0.25) is 0 Å². The van der Waals surface area contributed by atoms with Crippen LogP contribution in [0.15, 0.2) is 48.5 Å². The molecule has 1 N–H and O–H groups in total. The van der Waals surface area contributed by atoms with Crippen molar-refractivity contribution in [3.05, 3.63) is 54.1 Å². The van der Waals surface area contributed by atoms with Crippen molar-refractivity contribution in [1.29, 1.82) is 0 Å². The van der Waals surface area contributed by atoms with Crippen LogP contribution in [0, 0.1) is 0 Å². The first kappa shape index (κ1) is 20.0. The molecule has 154 valence electrons. The fourth-order valence-electron chi connectivity index (χ4n) is 3.76. The SMILES string of the molecule is CCOc1ccc(N2C3=[N+](CCCS3)CC2(O)c2ccc(OC(F)F)cc2)cc1. The first-order chi connectivity index (χ1) is 14.0. The van der Waals surface area contributed by atoms with E-state index in [4.69, 9.17) is 4.74 Å². The Kier molecular flexibility index (Phi) is 5.65. The number of hydrogen-bond donors (Lipinski definition) is 1. The second kappa shape index (κ2) is 8.20. The van der Waals surface area contributed by atoms with E-state index in [0.717, 1.165) is 35.3 Å². The zero-order chi connectivity index (χ0) is 20.4. The third-order valence-corrected chi connectivity index (χ3v) is 6.19. The van der Waals surface area contributed by atoms with Gasteiger partial charge in [0, 0.05) is 11.3 Å². The van der Waals surface area contributed by atoms with Gasteiger partial charge in [0.25, 0.3) is 5.72 Å². The number of ether oxygens (including phenoxy) is 2. The molecule has 5 nitrogen and oxygen atoms in total. The summed E-state index contributed by atoms with van der Waals surface area (Å²) in [5.41, 5.74) is 0.148. The van der Waals surface area contributed by atoms with Gasteiger partial charge in [0.05, 0.1) is 13.2 Å². The lowest BCUT2D eigenvalue weighted by molar-refractivity contribution is -0.532. The van der Waals surface area contributed by atoms with Gasteiger partial charge in [0.1, 0.15) is 17.2 Å². The fourth-order valence-corrected chi connectivity index (χ4v) is 4.94. The molecular formula is C21H23F2N2O3S+. The Hall–Kier alpha value is -2.32. The minimum Gasteiger partial charge on any atom is -0.494 e. The molecule has 0 aromatic heterocycles. The minimum absolute atomic E-state index is 0.0673. The van der Waals surface area contributed by atoms with Gasteiger partial charge in [-0.2, -0.15) is 13.7 Å². The van der Waals surface area contributed by atoms with E-state index in [-0.39, 0.29) is 5.75 Å². The number of alkyl halides is 2. The number of hydrogen-bond acceptors (Lipinski definition) is 5. The van der Waals surface area contributed by atoms with Gasteiger partial charge in [-0.05, 0) is 73.6 Å². The first-order valence-corrected chi connectivity index (χ1v) is 10.6. The highest BCUT2D eigenvalue weighted by atomic mass is 32.2. The molecule has 1 unspecified atom stereocenters. The summed E-state index contributed by atoms with van der Waals surface area (Å²) in [4.78, 5) is 1.93. The average Bonchev–Trinajstić information content (AvgIpc) is 3.02. The van der Waals surface area contributed by atoms with Gasteiger partial charge in [0.2, 0.25) is 0 Å². The standard InChI is InChI=1S/C21H23F2N2O3S/c1-2-27-17-10-6-16(7-11-17)25-20-24(12-3-13-29-20)14-21(25,26)15-4-8-18(9-5-15)28-19(22)23/h4-11,19,26H,2-3,12-14H2,1H3/q+1. The van der Waals surface area contributed by atoms with Crippen LogP contribution in [0.25, 0.3) is 0 Å². The Labute approximate surface area is 172 Å². The maximum absolute atomic E-state index is 12.5. The van der Waals surface area contributed by atoms with Crippen molar-refractivity contribution in [3.63, 3.8) is 0 Å². The molecule has 8 heteroatoms. The molecule has 2 aliphatic heterocycles. The van der Waals surface area contributed by atoms with Crippen LogP contribution in [0.3, 0.4) is 0 Å². The van der Waals surface area contributed by atoms with Gasteiger partial charge in [-0.1, -0.05) is 0 Å². The molecule has 1 atom stereocenters. The number of rotatable bonds is 6. The van der Waals surface area contributed by atoms with Crippen molar-refractivity contribution < 1.29 is 27.9 Å². The molecule has 0 spiro atoms. The Bertz CT molecular complexity index is 890. The highest BCUT2D eigenvalue weighted by Gasteiger charge is 2.55. The largest absolute Gasteiger partial charge is 0.494 e. The van der Waals surface area contributed by atoms with E-state index in [0.29, 0.717) is 18.7 Å². The molecule has 0 bridgehead atoms. The Morgan fingerprint density at radius 3 is 2.48 bits per heavy atom. The molecule has 0 radical (unpaired) electrons. The van der Waals surface area contributed by atoms with Crippen LogP contribution < -0.4 is 14.4 Å². The number of halogens is 2. The molecule has 2 heterocycles. The van der Waals surface area contributed by atoms with Gasteiger partial charge in [0.15, 0.2) is 6.54 Å². The number of amidine groups is 1. The van der Waals surface area contributed by atoms with Crippen molar-refractivity contribution in [2.24, 2.45) is 0 Å². The maximum Gasteiger partial charge on any atom is 0.387 e. The molecule has 0 fully saturated rings. The summed E-state index contributed by atoms with van der Waals surface area (Å²) in [6, 6.07) is 13.8. The minimum atomic E-state index is -2.88. The van der Waals surface area contributed by atoms with E-state index in [9.17, 15) is 13.9 Å². The average molecular weight is 421 g/mol. The molecular weight excluding hydrogens is 398 g/mol. The zero-order valence-electron chi connectivity index (χ0n) is 16.1. The molecule has 29 heavy (non-hydrogen) atoms. The quantitative estimate of drug-likeness (QED) is 0.718. The zero-order valence-corrected chi connectivity index (χ0v) is 16.9. The maximum atomic E-state index is 12.5. The Morgan fingerprint density at radius 2 is 1.83 bits per heavy atom. The highest BCUT2D eigenvalue weighted by Crippen LogP contribution is 2.40. The molecule has 4 rings (SSSR count). The van der Waals surface area contributed by atoms with Crippen LogP contribution in [0.5, 0.6) is 11.5 Å². The van der Waals surface area contributed by atoms with E-state index < -0.39 is 12.3 Å². The number of thioether (sulfide) groups is 1. The topological polar surface area (TPSA) is 44.9 Å². The molecule has 0 amide bonds. The summed E-state index contributed by atoms with van der Waals surface area (Å²) in [5, 5.41) is 12.8. The van der Waals surface area contributed by atoms with Crippen LogP contribution in [0.1, 0.15) is 18.9 Å². The summed E-state index contributed by atoms with van der Waals surface area (Å²) in [6.07, 6.45) is 1.04. The van der Waals surface area contributed by atoms with Gasteiger partial charge >= 0.3 is 11.8 Å². The predicted molar refractivity (Wildman–Crippen MR) is 109 cm³/mol. The Balaban J connectivity index is 1.70. The number of aliphatic hydroxyl groups is 1. The Morgan fingerprint density at radius 1 is 1.14 bits per heavy atom. The predicted octanol–water partition coefficient (Wildman–Crippen LogP) is 3.86. The van der Waals surface area contributed by atoms with Crippen molar-refractivity contribution in [2.45, 2.75) is 25.7 Å². The van der Waals surface area contributed by atoms with E-state index >= 15 is 0 Å². The van der Waals surface area contributed by atoms with Crippen molar-refractivity contribution >= 4 is 22.6 Å². The van der Waals surface area contributed by atoms with Gasteiger partial charge in [-0.15, -0.1) is 0 Å². The van der Waals surface area contributed by atoms with Crippen molar-refractivity contribution in [1.82, 2.24) is 0 Å². The highest BCUT2D eigenvalue weighted by molar-refractivity contribution is 8.14. The van der Waals surface area contributed by atoms with Gasteiger partial charge < -0.3 is 14.6 Å². The lowest BCUT2D eigenvalue weighted by Gasteiger charge is -2.28. The van der Waals surface area contributed by atoms with Crippen LogP contribution in [-0.4, -0.2) is 46.9 Å². The van der Waals surface area contributed by atoms with Gasteiger partial charge in [-0.3, -0.25) is 0 Å².